The Bertz CT molecular complexity index is 801. The van der Waals surface area contributed by atoms with Gasteiger partial charge in [-0.05, 0) is 30.0 Å². The predicted octanol–water partition coefficient (Wildman–Crippen LogP) is 2.82. The van der Waals surface area contributed by atoms with Crippen molar-refractivity contribution in [2.24, 2.45) is 0 Å². The molecular formula is C16H14N4O2S. The minimum Gasteiger partial charge on any atom is -0.337 e. The number of hydrogen-bond donors (Lipinski definition) is 0. The van der Waals surface area contributed by atoms with Crippen LogP contribution < -0.4 is 0 Å². The van der Waals surface area contributed by atoms with E-state index in [9.17, 15) is 4.79 Å². The largest absolute Gasteiger partial charge is 0.337 e. The third-order valence-electron chi connectivity index (χ3n) is 3.94. The zero-order chi connectivity index (χ0) is 15.6. The second-order valence-corrected chi connectivity index (χ2v) is 6.36. The lowest BCUT2D eigenvalue weighted by Gasteiger charge is -2.14. The Morgan fingerprint density at radius 2 is 2.17 bits per heavy atom. The number of pyridine rings is 1. The van der Waals surface area contributed by atoms with Gasteiger partial charge in [-0.15, -0.1) is 11.3 Å². The zero-order valence-corrected chi connectivity index (χ0v) is 13.1. The van der Waals surface area contributed by atoms with Gasteiger partial charge in [0.25, 0.3) is 11.8 Å². The minimum absolute atomic E-state index is 0.0837. The van der Waals surface area contributed by atoms with E-state index in [1.165, 1.54) is 11.3 Å². The Labute approximate surface area is 136 Å². The fourth-order valence-electron chi connectivity index (χ4n) is 2.72. The van der Waals surface area contributed by atoms with E-state index in [2.05, 4.69) is 15.1 Å². The van der Waals surface area contributed by atoms with Crippen LogP contribution in [0.15, 0.2) is 46.6 Å². The van der Waals surface area contributed by atoms with Gasteiger partial charge in [0.2, 0.25) is 0 Å². The first-order chi connectivity index (χ1) is 11.3. The van der Waals surface area contributed by atoms with Crippen LogP contribution in [0.1, 0.15) is 27.8 Å². The molecule has 3 aromatic heterocycles. The Hall–Kier alpha value is -2.54. The molecule has 1 amide bonds. The highest BCUT2D eigenvalue weighted by molar-refractivity contribution is 7.12. The monoisotopic (exact) mass is 326 g/mol. The minimum atomic E-state index is 0.0837. The first-order valence-corrected chi connectivity index (χ1v) is 8.26. The maximum atomic E-state index is 12.4. The van der Waals surface area contributed by atoms with Crippen molar-refractivity contribution >= 4 is 17.2 Å². The number of hydrogen-bond acceptors (Lipinski definition) is 6. The molecule has 1 atom stereocenters. The lowest BCUT2D eigenvalue weighted by molar-refractivity contribution is 0.0795. The third kappa shape index (κ3) is 2.75. The number of likely N-dealkylation sites (tertiary alicyclic amines) is 1. The quantitative estimate of drug-likeness (QED) is 0.740. The number of thiophene rings is 1. The third-order valence-corrected chi connectivity index (χ3v) is 4.80. The summed E-state index contributed by atoms with van der Waals surface area (Å²) in [5.41, 5.74) is 0.850. The Balaban J connectivity index is 1.48. The number of amides is 1. The second-order valence-electron chi connectivity index (χ2n) is 5.41. The number of carbonyl (C=O) groups is 1. The van der Waals surface area contributed by atoms with Gasteiger partial charge in [0.15, 0.2) is 5.82 Å². The van der Waals surface area contributed by atoms with Gasteiger partial charge in [0, 0.05) is 37.0 Å². The van der Waals surface area contributed by atoms with Crippen molar-refractivity contribution in [1.29, 1.82) is 0 Å². The fraction of sp³-hybridized carbons (Fsp3) is 0.250. The highest BCUT2D eigenvalue weighted by Gasteiger charge is 2.31. The van der Waals surface area contributed by atoms with Crippen LogP contribution in [-0.4, -0.2) is 39.0 Å². The molecule has 1 aliphatic rings. The Morgan fingerprint density at radius 1 is 1.30 bits per heavy atom. The first-order valence-electron chi connectivity index (χ1n) is 7.38. The van der Waals surface area contributed by atoms with Crippen LogP contribution in [0.25, 0.3) is 11.5 Å². The molecule has 0 saturated carbocycles. The molecule has 0 N–H and O–H groups in total. The van der Waals surface area contributed by atoms with E-state index in [0.29, 0.717) is 18.3 Å². The summed E-state index contributed by atoms with van der Waals surface area (Å²) < 4.78 is 5.34. The van der Waals surface area contributed by atoms with Crippen LogP contribution in [0, 0.1) is 0 Å². The lowest BCUT2D eigenvalue weighted by Crippen LogP contribution is -2.27. The molecule has 3 aromatic rings. The van der Waals surface area contributed by atoms with E-state index in [0.717, 1.165) is 23.4 Å². The van der Waals surface area contributed by atoms with Gasteiger partial charge in [0.05, 0.1) is 4.88 Å². The molecular weight excluding hydrogens is 312 g/mol. The summed E-state index contributed by atoms with van der Waals surface area (Å²) in [6.45, 7) is 1.35. The van der Waals surface area contributed by atoms with Crippen LogP contribution in [0.4, 0.5) is 0 Å². The average molecular weight is 326 g/mol. The topological polar surface area (TPSA) is 72.1 Å². The molecule has 6 nitrogen and oxygen atoms in total. The lowest BCUT2D eigenvalue weighted by atomic mass is 10.1. The summed E-state index contributed by atoms with van der Waals surface area (Å²) in [7, 11) is 0. The molecule has 0 aromatic carbocycles. The number of nitrogens with zero attached hydrogens (tertiary/aromatic N) is 4. The van der Waals surface area contributed by atoms with Gasteiger partial charge in [-0.2, -0.15) is 4.98 Å². The van der Waals surface area contributed by atoms with Crippen molar-refractivity contribution in [2.45, 2.75) is 12.3 Å². The standard InChI is InChI=1S/C16H14N4O2S/c21-16(13-2-1-9-23-13)20-8-5-12(10-20)14-18-15(22-19-14)11-3-6-17-7-4-11/h1-4,6-7,9,12H,5,8,10H2. The number of carbonyl (C=O) groups excluding carboxylic acids is 1. The average Bonchev–Trinajstić information content (AvgIpc) is 3.35. The normalized spacial score (nSPS) is 17.6. The molecule has 1 fully saturated rings. The van der Waals surface area contributed by atoms with E-state index in [4.69, 9.17) is 4.52 Å². The van der Waals surface area contributed by atoms with Gasteiger partial charge in [-0.1, -0.05) is 11.2 Å². The molecule has 1 unspecified atom stereocenters. The van der Waals surface area contributed by atoms with Crippen molar-refractivity contribution in [1.82, 2.24) is 20.0 Å². The van der Waals surface area contributed by atoms with Gasteiger partial charge < -0.3 is 9.42 Å². The van der Waals surface area contributed by atoms with Gasteiger partial charge in [0.1, 0.15) is 0 Å². The smallest absolute Gasteiger partial charge is 0.263 e. The van der Waals surface area contributed by atoms with Crippen molar-refractivity contribution in [3.8, 4) is 11.5 Å². The molecule has 116 valence electrons. The maximum absolute atomic E-state index is 12.4. The molecule has 7 heteroatoms. The van der Waals surface area contributed by atoms with Gasteiger partial charge in [-0.3, -0.25) is 9.78 Å². The van der Waals surface area contributed by atoms with E-state index in [1.54, 1.807) is 12.4 Å². The summed E-state index contributed by atoms with van der Waals surface area (Å²) >= 11 is 1.47. The van der Waals surface area contributed by atoms with E-state index < -0.39 is 0 Å². The van der Waals surface area contributed by atoms with Crippen LogP contribution >= 0.6 is 11.3 Å². The molecule has 4 heterocycles. The van der Waals surface area contributed by atoms with Crippen molar-refractivity contribution < 1.29 is 9.32 Å². The summed E-state index contributed by atoms with van der Waals surface area (Å²) in [6.07, 6.45) is 4.23. The molecule has 23 heavy (non-hydrogen) atoms. The summed E-state index contributed by atoms with van der Waals surface area (Å²) in [6, 6.07) is 7.42. The summed E-state index contributed by atoms with van der Waals surface area (Å²) in [5.74, 6) is 1.36. The molecule has 0 bridgehead atoms. The Kier molecular flexibility index (Phi) is 3.63. The van der Waals surface area contributed by atoms with Crippen LogP contribution in [-0.2, 0) is 0 Å². The van der Waals surface area contributed by atoms with Crippen LogP contribution in [0.3, 0.4) is 0 Å². The highest BCUT2D eigenvalue weighted by Crippen LogP contribution is 2.28. The number of aromatic nitrogens is 3. The SMILES string of the molecule is O=C(c1cccs1)N1CCC(c2noc(-c3ccncc3)n2)C1. The van der Waals surface area contributed by atoms with Gasteiger partial charge >= 0.3 is 0 Å². The molecule has 0 radical (unpaired) electrons. The zero-order valence-electron chi connectivity index (χ0n) is 12.3. The van der Waals surface area contributed by atoms with Gasteiger partial charge in [-0.25, -0.2) is 0 Å². The van der Waals surface area contributed by atoms with Crippen LogP contribution in [0.5, 0.6) is 0 Å². The molecule has 0 spiro atoms. The maximum Gasteiger partial charge on any atom is 0.263 e. The molecule has 1 saturated heterocycles. The van der Waals surface area contributed by atoms with Crippen molar-refractivity contribution in [2.75, 3.05) is 13.1 Å². The van der Waals surface area contributed by atoms with Crippen LogP contribution in [0.2, 0.25) is 0 Å². The van der Waals surface area contributed by atoms with E-state index in [-0.39, 0.29) is 11.8 Å². The molecule has 1 aliphatic heterocycles. The van der Waals surface area contributed by atoms with Crippen molar-refractivity contribution in [3.05, 3.63) is 52.7 Å². The second kappa shape index (κ2) is 5.92. The predicted molar refractivity (Wildman–Crippen MR) is 85.1 cm³/mol. The summed E-state index contributed by atoms with van der Waals surface area (Å²) in [5, 5.41) is 6.01. The van der Waals surface area contributed by atoms with E-state index in [1.807, 2.05) is 34.5 Å². The first kappa shape index (κ1) is 14.1. The van der Waals surface area contributed by atoms with Crippen molar-refractivity contribution in [3.63, 3.8) is 0 Å². The fourth-order valence-corrected chi connectivity index (χ4v) is 3.41. The summed E-state index contributed by atoms with van der Waals surface area (Å²) in [4.78, 5) is 23.5. The van der Waals surface area contributed by atoms with E-state index >= 15 is 0 Å². The molecule has 4 rings (SSSR count). The Morgan fingerprint density at radius 3 is 2.96 bits per heavy atom. The molecule has 0 aliphatic carbocycles. The highest BCUT2D eigenvalue weighted by atomic mass is 32.1. The number of rotatable bonds is 3.